The van der Waals surface area contributed by atoms with Gasteiger partial charge in [-0.2, -0.15) is 0 Å². The summed E-state index contributed by atoms with van der Waals surface area (Å²) in [5.74, 6) is 0.850. The molecule has 0 radical (unpaired) electrons. The van der Waals surface area contributed by atoms with Gasteiger partial charge in [0, 0.05) is 36.7 Å². The van der Waals surface area contributed by atoms with Gasteiger partial charge in [0.2, 0.25) is 0 Å². The zero-order valence-corrected chi connectivity index (χ0v) is 10.9. The Hall–Kier alpha value is -1.09. The molecule has 0 saturated carbocycles. The van der Waals surface area contributed by atoms with E-state index in [0.29, 0.717) is 6.04 Å². The number of pyridine rings is 1. The fourth-order valence-electron chi connectivity index (χ4n) is 2.78. The first-order valence-corrected chi connectivity index (χ1v) is 6.64. The number of aryl methyl sites for hydroxylation is 1. The van der Waals surface area contributed by atoms with Crippen molar-refractivity contribution in [2.24, 2.45) is 11.7 Å². The van der Waals surface area contributed by atoms with Crippen molar-refractivity contribution in [2.45, 2.75) is 39.2 Å². The average molecular weight is 233 g/mol. The van der Waals surface area contributed by atoms with Crippen molar-refractivity contribution >= 4 is 5.69 Å². The first-order valence-electron chi connectivity index (χ1n) is 6.64. The highest BCUT2D eigenvalue weighted by atomic mass is 15.2. The maximum Gasteiger partial charge on any atom is 0.0415 e. The second kappa shape index (κ2) is 5.50. The Labute approximate surface area is 104 Å². The molecule has 0 amide bonds. The van der Waals surface area contributed by atoms with E-state index in [1.165, 1.54) is 24.9 Å². The van der Waals surface area contributed by atoms with Gasteiger partial charge < -0.3 is 10.6 Å². The Morgan fingerprint density at radius 3 is 3.00 bits per heavy atom. The van der Waals surface area contributed by atoms with E-state index in [4.69, 9.17) is 5.73 Å². The van der Waals surface area contributed by atoms with Crippen LogP contribution in [0.2, 0.25) is 0 Å². The zero-order valence-electron chi connectivity index (χ0n) is 10.9. The molecular weight excluding hydrogens is 210 g/mol. The highest BCUT2D eigenvalue weighted by Crippen LogP contribution is 2.29. The van der Waals surface area contributed by atoms with Crippen LogP contribution in [0.3, 0.4) is 0 Å². The van der Waals surface area contributed by atoms with E-state index in [2.05, 4.69) is 28.9 Å². The molecule has 1 aromatic heterocycles. The highest BCUT2D eigenvalue weighted by molar-refractivity contribution is 5.48. The lowest BCUT2D eigenvalue weighted by Crippen LogP contribution is -2.46. The molecule has 2 unspecified atom stereocenters. The minimum Gasteiger partial charge on any atom is -0.367 e. The summed E-state index contributed by atoms with van der Waals surface area (Å²) in [6.07, 6.45) is 5.69. The van der Waals surface area contributed by atoms with E-state index >= 15 is 0 Å². The lowest BCUT2D eigenvalue weighted by atomic mass is 9.88. The predicted molar refractivity (Wildman–Crippen MR) is 72.2 cm³/mol. The molecule has 2 atom stereocenters. The van der Waals surface area contributed by atoms with Gasteiger partial charge in [-0.1, -0.05) is 13.3 Å². The van der Waals surface area contributed by atoms with Crippen LogP contribution < -0.4 is 10.6 Å². The maximum atomic E-state index is 5.93. The Morgan fingerprint density at radius 2 is 2.35 bits per heavy atom. The quantitative estimate of drug-likeness (QED) is 0.871. The van der Waals surface area contributed by atoms with Gasteiger partial charge in [0.15, 0.2) is 0 Å². The van der Waals surface area contributed by atoms with Crippen molar-refractivity contribution < 1.29 is 0 Å². The second-order valence-electron chi connectivity index (χ2n) is 5.04. The van der Waals surface area contributed by atoms with Gasteiger partial charge in [-0.25, -0.2) is 0 Å². The third-order valence-electron chi connectivity index (χ3n) is 3.89. The molecular formula is C14H23N3. The molecule has 1 saturated heterocycles. The van der Waals surface area contributed by atoms with Crippen molar-refractivity contribution in [1.82, 2.24) is 4.98 Å². The Balaban J connectivity index is 2.15. The van der Waals surface area contributed by atoms with Gasteiger partial charge in [0.25, 0.3) is 0 Å². The van der Waals surface area contributed by atoms with Crippen LogP contribution in [0.25, 0.3) is 0 Å². The van der Waals surface area contributed by atoms with Gasteiger partial charge in [-0.15, -0.1) is 0 Å². The summed E-state index contributed by atoms with van der Waals surface area (Å²) in [6.45, 7) is 6.20. The maximum absolute atomic E-state index is 5.93. The molecule has 3 heteroatoms. The normalized spacial score (nSPS) is 25.0. The molecule has 1 fully saturated rings. The molecule has 2 rings (SSSR count). The fourth-order valence-corrected chi connectivity index (χ4v) is 2.78. The van der Waals surface area contributed by atoms with Crippen LogP contribution in [-0.4, -0.2) is 24.1 Å². The van der Waals surface area contributed by atoms with Gasteiger partial charge >= 0.3 is 0 Å². The smallest absolute Gasteiger partial charge is 0.0415 e. The second-order valence-corrected chi connectivity index (χ2v) is 5.04. The summed E-state index contributed by atoms with van der Waals surface area (Å²) in [6, 6.07) is 4.76. The van der Waals surface area contributed by atoms with E-state index < -0.39 is 0 Å². The Morgan fingerprint density at radius 1 is 1.53 bits per heavy atom. The van der Waals surface area contributed by atoms with E-state index in [1.54, 1.807) is 0 Å². The minimum atomic E-state index is 0.496. The molecule has 0 aromatic carbocycles. The molecule has 94 valence electrons. The van der Waals surface area contributed by atoms with Crippen LogP contribution in [0.4, 0.5) is 5.69 Å². The number of nitrogens with two attached hydrogens (primary N) is 1. The number of piperidine rings is 1. The van der Waals surface area contributed by atoms with Crippen LogP contribution in [0.1, 0.15) is 31.9 Å². The summed E-state index contributed by atoms with van der Waals surface area (Å²) in [5, 5.41) is 0. The first-order chi connectivity index (χ1) is 8.24. The fraction of sp³-hybridized carbons (Fsp3) is 0.643. The standard InChI is InChI=1S/C14H23N3/c1-3-12-5-7-17(14(9-12)10-15)13-4-6-16-11(2)8-13/h4,6,8,12,14H,3,5,7,9-10,15H2,1-2H3. The number of nitrogens with zero attached hydrogens (tertiary/aromatic N) is 2. The zero-order chi connectivity index (χ0) is 12.3. The monoisotopic (exact) mass is 233 g/mol. The number of hydrogen-bond acceptors (Lipinski definition) is 3. The summed E-state index contributed by atoms with van der Waals surface area (Å²) >= 11 is 0. The lowest BCUT2D eigenvalue weighted by Gasteiger charge is -2.40. The molecule has 0 spiro atoms. The third-order valence-corrected chi connectivity index (χ3v) is 3.89. The SMILES string of the molecule is CCC1CCN(c2ccnc(C)c2)C(CN)C1. The molecule has 2 N–H and O–H groups in total. The molecule has 1 aliphatic rings. The average Bonchev–Trinajstić information content (AvgIpc) is 2.38. The van der Waals surface area contributed by atoms with Crippen LogP contribution in [-0.2, 0) is 0 Å². The summed E-state index contributed by atoms with van der Waals surface area (Å²) in [4.78, 5) is 6.72. The third kappa shape index (κ3) is 2.78. The van der Waals surface area contributed by atoms with Gasteiger partial charge in [-0.3, -0.25) is 4.98 Å². The minimum absolute atomic E-state index is 0.496. The van der Waals surface area contributed by atoms with Crippen molar-refractivity contribution in [3.8, 4) is 0 Å². The Kier molecular flexibility index (Phi) is 4.00. The van der Waals surface area contributed by atoms with Crippen molar-refractivity contribution in [2.75, 3.05) is 18.0 Å². The topological polar surface area (TPSA) is 42.2 Å². The highest BCUT2D eigenvalue weighted by Gasteiger charge is 2.26. The van der Waals surface area contributed by atoms with Crippen molar-refractivity contribution in [3.63, 3.8) is 0 Å². The number of anilines is 1. The van der Waals surface area contributed by atoms with Gasteiger partial charge in [0.1, 0.15) is 0 Å². The number of aromatic nitrogens is 1. The summed E-state index contributed by atoms with van der Waals surface area (Å²) in [7, 11) is 0. The summed E-state index contributed by atoms with van der Waals surface area (Å²) in [5.41, 5.74) is 8.29. The van der Waals surface area contributed by atoms with E-state index in [-0.39, 0.29) is 0 Å². The molecule has 3 nitrogen and oxygen atoms in total. The van der Waals surface area contributed by atoms with Crippen molar-refractivity contribution in [3.05, 3.63) is 24.0 Å². The van der Waals surface area contributed by atoms with Gasteiger partial charge in [0.05, 0.1) is 0 Å². The largest absolute Gasteiger partial charge is 0.367 e. The molecule has 2 heterocycles. The van der Waals surface area contributed by atoms with E-state index in [9.17, 15) is 0 Å². The van der Waals surface area contributed by atoms with Crippen LogP contribution in [0, 0.1) is 12.8 Å². The molecule has 17 heavy (non-hydrogen) atoms. The Bertz CT molecular complexity index is 364. The lowest BCUT2D eigenvalue weighted by molar-refractivity contribution is 0.336. The summed E-state index contributed by atoms with van der Waals surface area (Å²) < 4.78 is 0. The first kappa shape index (κ1) is 12.4. The number of rotatable bonds is 3. The van der Waals surface area contributed by atoms with E-state index in [1.807, 2.05) is 13.1 Å². The van der Waals surface area contributed by atoms with Gasteiger partial charge in [-0.05, 0) is 37.8 Å². The van der Waals surface area contributed by atoms with Crippen LogP contribution >= 0.6 is 0 Å². The molecule has 1 aliphatic heterocycles. The predicted octanol–water partition coefficient (Wildman–Crippen LogP) is 2.34. The molecule has 1 aromatic rings. The van der Waals surface area contributed by atoms with Crippen LogP contribution in [0.5, 0.6) is 0 Å². The van der Waals surface area contributed by atoms with Crippen LogP contribution in [0.15, 0.2) is 18.3 Å². The molecule has 0 bridgehead atoms. The molecule has 0 aliphatic carbocycles. The van der Waals surface area contributed by atoms with E-state index in [0.717, 1.165) is 24.7 Å². The van der Waals surface area contributed by atoms with Crippen molar-refractivity contribution in [1.29, 1.82) is 0 Å². The number of hydrogen-bond donors (Lipinski definition) is 1.